The van der Waals surface area contributed by atoms with E-state index in [2.05, 4.69) is 10.2 Å². The fourth-order valence-electron chi connectivity index (χ4n) is 5.14. The van der Waals surface area contributed by atoms with Crippen LogP contribution in [-0.4, -0.2) is 50.8 Å². The van der Waals surface area contributed by atoms with Crippen molar-refractivity contribution in [1.82, 2.24) is 10.2 Å². The van der Waals surface area contributed by atoms with Crippen molar-refractivity contribution in [1.29, 1.82) is 0 Å². The van der Waals surface area contributed by atoms with E-state index < -0.39 is 0 Å². The predicted molar refractivity (Wildman–Crippen MR) is 129 cm³/mol. The first kappa shape index (κ1) is 24.3. The van der Waals surface area contributed by atoms with E-state index in [1.807, 2.05) is 18.2 Å². The van der Waals surface area contributed by atoms with Gasteiger partial charge in [-0.2, -0.15) is 0 Å². The molecular formula is C27H35FN2O4. The predicted octanol–water partition coefficient (Wildman–Crippen LogP) is 4.42. The highest BCUT2D eigenvalue weighted by Gasteiger charge is 2.33. The molecule has 0 radical (unpaired) electrons. The van der Waals surface area contributed by atoms with Crippen molar-refractivity contribution in [3.05, 3.63) is 53.8 Å². The summed E-state index contributed by atoms with van der Waals surface area (Å²) in [6.07, 6.45) is 5.27. The Labute approximate surface area is 201 Å². The van der Waals surface area contributed by atoms with Crippen LogP contribution in [0.4, 0.5) is 4.39 Å². The van der Waals surface area contributed by atoms with E-state index in [-0.39, 0.29) is 23.6 Å². The van der Waals surface area contributed by atoms with Crippen LogP contribution in [0.2, 0.25) is 0 Å². The normalized spacial score (nSPS) is 21.3. The Balaban J connectivity index is 1.44. The van der Waals surface area contributed by atoms with Crippen molar-refractivity contribution in [2.45, 2.75) is 44.7 Å². The highest BCUT2D eigenvalue weighted by Crippen LogP contribution is 2.30. The molecule has 1 heterocycles. The molecule has 0 aromatic heterocycles. The topological polar surface area (TPSA) is 60.0 Å². The zero-order valence-electron chi connectivity index (χ0n) is 20.1. The number of piperidine rings is 1. The van der Waals surface area contributed by atoms with Gasteiger partial charge < -0.3 is 19.5 Å². The molecule has 34 heavy (non-hydrogen) atoms. The molecule has 2 aromatic rings. The summed E-state index contributed by atoms with van der Waals surface area (Å²) in [5, 5.41) is 3.28. The van der Waals surface area contributed by atoms with Gasteiger partial charge in [-0.15, -0.1) is 0 Å². The van der Waals surface area contributed by atoms with E-state index in [9.17, 15) is 9.18 Å². The van der Waals surface area contributed by atoms with Gasteiger partial charge in [-0.1, -0.05) is 25.0 Å². The minimum absolute atomic E-state index is 0.101. The third kappa shape index (κ3) is 6.41. The summed E-state index contributed by atoms with van der Waals surface area (Å²) in [5.74, 6) is 1.79. The van der Waals surface area contributed by atoms with E-state index in [4.69, 9.17) is 14.2 Å². The van der Waals surface area contributed by atoms with Crippen molar-refractivity contribution in [3.8, 4) is 17.2 Å². The van der Waals surface area contributed by atoms with Crippen LogP contribution in [0, 0.1) is 17.7 Å². The molecule has 2 atom stereocenters. The third-order valence-corrected chi connectivity index (χ3v) is 6.82. The second-order valence-corrected chi connectivity index (χ2v) is 9.44. The molecular weight excluding hydrogens is 435 g/mol. The second-order valence-electron chi connectivity index (χ2n) is 9.44. The smallest absolute Gasteiger partial charge is 0.224 e. The molecule has 1 saturated heterocycles. The zero-order chi connectivity index (χ0) is 23.9. The minimum Gasteiger partial charge on any atom is -0.493 e. The average Bonchev–Trinajstić information content (AvgIpc) is 3.35. The van der Waals surface area contributed by atoms with Crippen molar-refractivity contribution in [2.24, 2.45) is 11.8 Å². The number of ether oxygens (including phenoxy) is 3. The van der Waals surface area contributed by atoms with Gasteiger partial charge in [0.05, 0.1) is 26.7 Å². The number of methoxy groups -OCH3 is 2. The Morgan fingerprint density at radius 3 is 2.59 bits per heavy atom. The largest absolute Gasteiger partial charge is 0.493 e. The van der Waals surface area contributed by atoms with Crippen LogP contribution >= 0.6 is 0 Å². The molecule has 6 nitrogen and oxygen atoms in total. The number of likely N-dealkylation sites (tertiary alicyclic amines) is 1. The third-order valence-electron chi connectivity index (χ3n) is 6.82. The maximum absolute atomic E-state index is 13.6. The number of benzene rings is 2. The lowest BCUT2D eigenvalue weighted by Gasteiger charge is -2.37. The van der Waals surface area contributed by atoms with Crippen molar-refractivity contribution in [3.63, 3.8) is 0 Å². The molecule has 2 aliphatic rings. The van der Waals surface area contributed by atoms with Crippen LogP contribution in [-0.2, 0) is 11.3 Å². The minimum atomic E-state index is -0.315. The highest BCUT2D eigenvalue weighted by molar-refractivity contribution is 5.79. The quantitative estimate of drug-likeness (QED) is 0.588. The summed E-state index contributed by atoms with van der Waals surface area (Å²) < 4.78 is 30.3. The molecule has 0 unspecified atom stereocenters. The van der Waals surface area contributed by atoms with Gasteiger partial charge in [-0.3, -0.25) is 9.69 Å². The van der Waals surface area contributed by atoms with Gasteiger partial charge in [0.25, 0.3) is 0 Å². The summed E-state index contributed by atoms with van der Waals surface area (Å²) in [6.45, 7) is 2.64. The van der Waals surface area contributed by atoms with Crippen LogP contribution in [0.15, 0.2) is 42.5 Å². The molecule has 1 aliphatic heterocycles. The first-order valence-corrected chi connectivity index (χ1v) is 12.2. The fourth-order valence-corrected chi connectivity index (χ4v) is 5.14. The van der Waals surface area contributed by atoms with Gasteiger partial charge in [-0.25, -0.2) is 4.39 Å². The number of halogens is 1. The van der Waals surface area contributed by atoms with E-state index in [1.54, 1.807) is 26.4 Å². The summed E-state index contributed by atoms with van der Waals surface area (Å²) >= 11 is 0. The molecule has 1 aliphatic carbocycles. The first-order valence-electron chi connectivity index (χ1n) is 12.2. The SMILES string of the molecule is COc1ccc(CN2C[C@@H](COc3cccc(F)c3)C[C@@H](C(=O)NC3CCCC3)C2)cc1OC. The maximum Gasteiger partial charge on any atom is 0.224 e. The second kappa shape index (κ2) is 11.6. The lowest BCUT2D eigenvalue weighted by molar-refractivity contribution is -0.128. The maximum atomic E-state index is 13.6. The number of amides is 1. The molecule has 4 rings (SSSR count). The van der Waals surface area contributed by atoms with Gasteiger partial charge in [0.15, 0.2) is 11.5 Å². The standard InChI is InChI=1S/C27H35FN2O4/c1-32-25-11-10-19(13-26(25)33-2)15-30-16-20(18-34-24-9-5-6-22(28)14-24)12-21(17-30)27(31)29-23-7-3-4-8-23/h5-6,9-11,13-14,20-21,23H,3-4,7-8,12,15-18H2,1-2H3,(H,29,31)/t20-,21+/m0/s1. The van der Waals surface area contributed by atoms with E-state index in [1.165, 1.54) is 25.0 Å². The fraction of sp³-hybridized carbons (Fsp3) is 0.519. The molecule has 2 fully saturated rings. The van der Waals surface area contributed by atoms with Gasteiger partial charge in [0, 0.05) is 37.7 Å². The summed E-state index contributed by atoms with van der Waals surface area (Å²) in [6, 6.07) is 12.4. The molecule has 7 heteroatoms. The van der Waals surface area contributed by atoms with Crippen LogP contribution in [0.5, 0.6) is 17.2 Å². The Morgan fingerprint density at radius 2 is 1.85 bits per heavy atom. The number of nitrogens with one attached hydrogen (secondary N) is 1. The van der Waals surface area contributed by atoms with Gasteiger partial charge >= 0.3 is 0 Å². The average molecular weight is 471 g/mol. The molecule has 0 bridgehead atoms. The number of hydrogen-bond acceptors (Lipinski definition) is 5. The van der Waals surface area contributed by atoms with E-state index >= 15 is 0 Å². The van der Waals surface area contributed by atoms with Crippen molar-refractivity contribution in [2.75, 3.05) is 33.9 Å². The number of carbonyl (C=O) groups excluding carboxylic acids is 1. The number of nitrogens with zero attached hydrogens (tertiary/aromatic N) is 1. The Morgan fingerprint density at radius 1 is 1.06 bits per heavy atom. The van der Waals surface area contributed by atoms with E-state index in [0.717, 1.165) is 31.4 Å². The number of rotatable bonds is 9. The van der Waals surface area contributed by atoms with Crippen LogP contribution in [0.25, 0.3) is 0 Å². The Hall–Kier alpha value is -2.80. The number of hydrogen-bond donors (Lipinski definition) is 1. The molecule has 1 N–H and O–H groups in total. The first-order chi connectivity index (χ1) is 16.5. The highest BCUT2D eigenvalue weighted by atomic mass is 19.1. The summed E-state index contributed by atoms with van der Waals surface area (Å²) in [7, 11) is 3.25. The van der Waals surface area contributed by atoms with E-state index in [0.29, 0.717) is 43.0 Å². The molecule has 1 amide bonds. The molecule has 1 saturated carbocycles. The van der Waals surface area contributed by atoms with Crippen molar-refractivity contribution < 1.29 is 23.4 Å². The van der Waals surface area contributed by atoms with Crippen LogP contribution < -0.4 is 19.5 Å². The monoisotopic (exact) mass is 470 g/mol. The lowest BCUT2D eigenvalue weighted by Crippen LogP contribution is -2.48. The van der Waals surface area contributed by atoms with Crippen LogP contribution in [0.3, 0.4) is 0 Å². The lowest BCUT2D eigenvalue weighted by atomic mass is 9.88. The van der Waals surface area contributed by atoms with Crippen LogP contribution in [0.1, 0.15) is 37.7 Å². The van der Waals surface area contributed by atoms with Gasteiger partial charge in [0.2, 0.25) is 5.91 Å². The van der Waals surface area contributed by atoms with Gasteiger partial charge in [0.1, 0.15) is 11.6 Å². The van der Waals surface area contributed by atoms with Crippen molar-refractivity contribution >= 4 is 5.91 Å². The molecule has 0 spiro atoms. The zero-order valence-corrected chi connectivity index (χ0v) is 20.1. The molecule has 184 valence electrons. The summed E-state index contributed by atoms with van der Waals surface area (Å²) in [5.41, 5.74) is 1.10. The Bertz CT molecular complexity index is 963. The Kier molecular flexibility index (Phi) is 8.27. The summed E-state index contributed by atoms with van der Waals surface area (Å²) in [4.78, 5) is 15.4. The number of carbonyl (C=O) groups is 1. The molecule has 2 aromatic carbocycles. The van der Waals surface area contributed by atoms with Gasteiger partial charge in [-0.05, 0) is 49.1 Å².